The third-order valence-corrected chi connectivity index (χ3v) is 4.47. The second-order valence-electron chi connectivity index (χ2n) is 5.66. The molecule has 0 bridgehead atoms. The molecule has 7 heteroatoms. The normalized spacial score (nSPS) is 24.2. The molecule has 1 aliphatic heterocycles. The largest absolute Gasteiger partial charge is 0.342 e. The summed E-state index contributed by atoms with van der Waals surface area (Å²) in [5, 5.41) is 5.26. The average Bonchev–Trinajstić information content (AvgIpc) is 3.16. The number of benzene rings is 1. The van der Waals surface area contributed by atoms with Crippen molar-refractivity contribution in [2.45, 2.75) is 44.6 Å². The average molecular weight is 356 g/mol. The van der Waals surface area contributed by atoms with E-state index in [0.717, 1.165) is 24.8 Å². The van der Waals surface area contributed by atoms with E-state index in [1.54, 1.807) is 23.1 Å². The zero-order chi connectivity index (χ0) is 16.3. The van der Waals surface area contributed by atoms with E-state index in [2.05, 4.69) is 17.0 Å². The lowest BCUT2D eigenvalue weighted by Gasteiger charge is -2.29. The molecule has 5 nitrogen and oxygen atoms in total. The smallest absolute Gasteiger partial charge is 0.217 e. The zero-order valence-corrected chi connectivity index (χ0v) is 14.4. The van der Waals surface area contributed by atoms with E-state index < -0.39 is 5.79 Å². The maximum atomic E-state index is 6.40. The predicted molar refractivity (Wildman–Crippen MR) is 88.5 cm³/mol. The molecule has 1 aliphatic rings. The summed E-state index contributed by atoms with van der Waals surface area (Å²) in [7, 11) is 0. The molecule has 124 valence electrons. The Morgan fingerprint density at radius 3 is 2.96 bits per heavy atom. The second-order valence-corrected chi connectivity index (χ2v) is 6.51. The summed E-state index contributed by atoms with van der Waals surface area (Å²) in [5.41, 5.74) is 0.762. The number of ether oxygens (including phenoxy) is 2. The quantitative estimate of drug-likeness (QED) is 0.784. The fourth-order valence-electron chi connectivity index (χ4n) is 2.77. The molecule has 1 aromatic carbocycles. The second kappa shape index (κ2) is 7.18. The fourth-order valence-corrected chi connectivity index (χ4v) is 3.33. The van der Waals surface area contributed by atoms with Gasteiger partial charge in [-0.3, -0.25) is 0 Å². The highest BCUT2D eigenvalue weighted by Gasteiger charge is 2.45. The van der Waals surface area contributed by atoms with E-state index in [9.17, 15) is 0 Å². The van der Waals surface area contributed by atoms with Crippen LogP contribution < -0.4 is 0 Å². The van der Waals surface area contributed by atoms with Crippen LogP contribution in [0.5, 0.6) is 0 Å². The molecule has 1 aromatic heterocycles. The Kier molecular flexibility index (Phi) is 5.21. The molecule has 1 fully saturated rings. The number of rotatable bonds is 6. The maximum Gasteiger partial charge on any atom is 0.217 e. The topological polar surface area (TPSA) is 49.2 Å². The van der Waals surface area contributed by atoms with Gasteiger partial charge in [-0.1, -0.05) is 49.0 Å². The van der Waals surface area contributed by atoms with E-state index in [1.165, 1.54) is 6.33 Å². The molecule has 0 saturated carbocycles. The first-order valence-corrected chi connectivity index (χ1v) is 8.48. The van der Waals surface area contributed by atoms with Crippen LogP contribution in [0.3, 0.4) is 0 Å². The van der Waals surface area contributed by atoms with Gasteiger partial charge in [0.25, 0.3) is 0 Å². The Morgan fingerprint density at radius 1 is 1.39 bits per heavy atom. The van der Waals surface area contributed by atoms with Gasteiger partial charge in [-0.25, -0.2) is 9.67 Å². The molecular weight excluding hydrogens is 337 g/mol. The van der Waals surface area contributed by atoms with Crippen molar-refractivity contribution in [2.75, 3.05) is 6.61 Å². The highest BCUT2D eigenvalue weighted by Crippen LogP contribution is 2.41. The standard InChI is InChI=1S/C16H19Cl2N3O2/c1-2-3-4-13-8-22-16(23-13,9-21-11-19-10-20-21)14-6-5-12(17)7-15(14)18/h5-7,10-11,13H,2-4,8-9H2,1H3. The van der Waals surface area contributed by atoms with Crippen LogP contribution >= 0.6 is 23.2 Å². The third kappa shape index (κ3) is 3.69. The van der Waals surface area contributed by atoms with Gasteiger partial charge in [-0.05, 0) is 18.6 Å². The van der Waals surface area contributed by atoms with Gasteiger partial charge >= 0.3 is 0 Å². The van der Waals surface area contributed by atoms with E-state index in [4.69, 9.17) is 32.7 Å². The number of hydrogen-bond donors (Lipinski definition) is 0. The summed E-state index contributed by atoms with van der Waals surface area (Å²) >= 11 is 12.4. The van der Waals surface area contributed by atoms with Crippen molar-refractivity contribution in [1.29, 1.82) is 0 Å². The summed E-state index contributed by atoms with van der Waals surface area (Å²) in [6.45, 7) is 3.08. The highest BCUT2D eigenvalue weighted by atomic mass is 35.5. The lowest BCUT2D eigenvalue weighted by molar-refractivity contribution is -0.189. The van der Waals surface area contributed by atoms with E-state index in [-0.39, 0.29) is 6.10 Å². The summed E-state index contributed by atoms with van der Waals surface area (Å²) in [6.07, 6.45) is 6.35. The summed E-state index contributed by atoms with van der Waals surface area (Å²) in [6, 6.07) is 5.34. The minimum atomic E-state index is -0.965. The van der Waals surface area contributed by atoms with Gasteiger partial charge in [-0.15, -0.1) is 0 Å². The summed E-state index contributed by atoms with van der Waals surface area (Å²) in [4.78, 5) is 3.98. The maximum absolute atomic E-state index is 6.40. The number of hydrogen-bond acceptors (Lipinski definition) is 4. The van der Waals surface area contributed by atoms with Crippen molar-refractivity contribution in [3.8, 4) is 0 Å². The van der Waals surface area contributed by atoms with Crippen LogP contribution in [0.1, 0.15) is 31.7 Å². The molecule has 0 radical (unpaired) electrons. The minimum absolute atomic E-state index is 0.0465. The van der Waals surface area contributed by atoms with E-state index in [0.29, 0.717) is 23.2 Å². The van der Waals surface area contributed by atoms with E-state index in [1.807, 2.05) is 6.07 Å². The van der Waals surface area contributed by atoms with Crippen LogP contribution in [0.2, 0.25) is 10.0 Å². The number of halogens is 2. The molecule has 2 heterocycles. The zero-order valence-electron chi connectivity index (χ0n) is 12.9. The van der Waals surface area contributed by atoms with Crippen LogP contribution in [0, 0.1) is 0 Å². The lowest BCUT2D eigenvalue weighted by atomic mass is 10.1. The lowest BCUT2D eigenvalue weighted by Crippen LogP contribution is -2.34. The van der Waals surface area contributed by atoms with Crippen molar-refractivity contribution >= 4 is 23.2 Å². The Morgan fingerprint density at radius 2 is 2.26 bits per heavy atom. The number of unbranched alkanes of at least 4 members (excludes halogenated alkanes) is 1. The molecule has 2 aromatic rings. The summed E-state index contributed by atoms with van der Waals surface area (Å²) < 4.78 is 14.1. The molecular formula is C16H19Cl2N3O2. The molecule has 0 N–H and O–H groups in total. The molecule has 0 aliphatic carbocycles. The first kappa shape index (κ1) is 16.7. The van der Waals surface area contributed by atoms with Gasteiger partial charge in [0.1, 0.15) is 19.2 Å². The molecule has 0 spiro atoms. The molecule has 2 atom stereocenters. The Balaban J connectivity index is 1.91. The Hall–Kier alpha value is -1.14. The van der Waals surface area contributed by atoms with Crippen LogP contribution in [-0.2, 0) is 21.8 Å². The van der Waals surface area contributed by atoms with Crippen molar-refractivity contribution in [2.24, 2.45) is 0 Å². The number of nitrogens with zero attached hydrogens (tertiary/aromatic N) is 3. The van der Waals surface area contributed by atoms with Crippen molar-refractivity contribution < 1.29 is 9.47 Å². The molecule has 23 heavy (non-hydrogen) atoms. The van der Waals surface area contributed by atoms with Gasteiger partial charge in [-0.2, -0.15) is 5.10 Å². The first-order valence-electron chi connectivity index (χ1n) is 7.72. The van der Waals surface area contributed by atoms with Gasteiger partial charge in [0, 0.05) is 10.6 Å². The van der Waals surface area contributed by atoms with Crippen LogP contribution in [0.15, 0.2) is 30.9 Å². The molecule has 0 amide bonds. The Labute approximate surface area is 145 Å². The van der Waals surface area contributed by atoms with Gasteiger partial charge in [0.05, 0.1) is 17.7 Å². The van der Waals surface area contributed by atoms with Crippen LogP contribution in [0.25, 0.3) is 0 Å². The van der Waals surface area contributed by atoms with Crippen molar-refractivity contribution in [3.63, 3.8) is 0 Å². The Bertz CT molecular complexity index is 651. The third-order valence-electron chi connectivity index (χ3n) is 3.92. The predicted octanol–water partition coefficient (Wildman–Crippen LogP) is 4.04. The monoisotopic (exact) mass is 355 g/mol. The molecule has 3 rings (SSSR count). The summed E-state index contributed by atoms with van der Waals surface area (Å²) in [5.74, 6) is -0.965. The first-order chi connectivity index (χ1) is 11.1. The minimum Gasteiger partial charge on any atom is -0.342 e. The number of aromatic nitrogens is 3. The van der Waals surface area contributed by atoms with Gasteiger partial charge < -0.3 is 9.47 Å². The van der Waals surface area contributed by atoms with Gasteiger partial charge in [0.2, 0.25) is 5.79 Å². The van der Waals surface area contributed by atoms with Crippen LogP contribution in [-0.4, -0.2) is 27.5 Å². The van der Waals surface area contributed by atoms with Crippen molar-refractivity contribution in [3.05, 3.63) is 46.5 Å². The van der Waals surface area contributed by atoms with Crippen LogP contribution in [0.4, 0.5) is 0 Å². The molecule has 1 saturated heterocycles. The molecule has 2 unspecified atom stereocenters. The van der Waals surface area contributed by atoms with Crippen molar-refractivity contribution in [1.82, 2.24) is 14.8 Å². The highest BCUT2D eigenvalue weighted by molar-refractivity contribution is 6.35. The fraction of sp³-hybridized carbons (Fsp3) is 0.500. The SMILES string of the molecule is CCCCC1COC(Cn2cncn2)(c2ccc(Cl)cc2Cl)O1. The van der Waals surface area contributed by atoms with E-state index >= 15 is 0 Å². The van der Waals surface area contributed by atoms with Gasteiger partial charge in [0.15, 0.2) is 0 Å².